The lowest BCUT2D eigenvalue weighted by Crippen LogP contribution is -2.28. The second-order valence-corrected chi connectivity index (χ2v) is 9.50. The van der Waals surface area contributed by atoms with E-state index >= 15 is 0 Å². The second kappa shape index (κ2) is 8.51. The van der Waals surface area contributed by atoms with Crippen LogP contribution in [0.4, 0.5) is 18.9 Å². The monoisotopic (exact) mass is 456 g/mol. The number of amides is 1. The predicted molar refractivity (Wildman–Crippen MR) is 110 cm³/mol. The Hall–Kier alpha value is -2.59. The van der Waals surface area contributed by atoms with Gasteiger partial charge in [-0.15, -0.1) is 0 Å². The highest BCUT2D eigenvalue weighted by atomic mass is 32.2. The summed E-state index contributed by atoms with van der Waals surface area (Å²) in [5.41, 5.74) is 1.29. The Labute approximate surface area is 178 Å². The summed E-state index contributed by atoms with van der Waals surface area (Å²) in [6, 6.07) is 9.24. The zero-order valence-electron chi connectivity index (χ0n) is 16.9. The molecule has 2 unspecified atom stereocenters. The van der Waals surface area contributed by atoms with Gasteiger partial charge in [0.05, 0.1) is 30.2 Å². The number of anilines is 1. The maximum Gasteiger partial charge on any atom is 0.416 e. The Balaban J connectivity index is 1.63. The van der Waals surface area contributed by atoms with Gasteiger partial charge < -0.3 is 10.4 Å². The number of rotatable bonds is 7. The van der Waals surface area contributed by atoms with Crippen LogP contribution in [0.1, 0.15) is 47.6 Å². The van der Waals surface area contributed by atoms with Gasteiger partial charge >= 0.3 is 6.18 Å². The van der Waals surface area contributed by atoms with E-state index in [4.69, 9.17) is 0 Å². The van der Waals surface area contributed by atoms with Crippen LogP contribution < -0.4 is 10.0 Å². The van der Waals surface area contributed by atoms with Crippen molar-refractivity contribution in [1.82, 2.24) is 5.32 Å². The van der Waals surface area contributed by atoms with Gasteiger partial charge in [0, 0.05) is 11.5 Å². The van der Waals surface area contributed by atoms with Gasteiger partial charge in [-0.25, -0.2) is 8.42 Å². The molecule has 1 aliphatic carbocycles. The highest BCUT2D eigenvalue weighted by Gasteiger charge is 2.44. The molecular weight excluding hydrogens is 433 g/mol. The Bertz CT molecular complexity index is 1070. The summed E-state index contributed by atoms with van der Waals surface area (Å²) in [5.74, 6) is -0.646. The molecule has 3 rings (SSSR count). The van der Waals surface area contributed by atoms with Gasteiger partial charge in [0.2, 0.25) is 15.9 Å². The second-order valence-electron chi connectivity index (χ2n) is 7.75. The van der Waals surface area contributed by atoms with Gasteiger partial charge in [0.15, 0.2) is 0 Å². The number of carbonyl (C=O) groups excluding carboxylic acids is 1. The zero-order chi connectivity index (χ0) is 23.0. The fraction of sp³-hybridized carbons (Fsp3) is 0.381. The van der Waals surface area contributed by atoms with Crippen LogP contribution in [-0.4, -0.2) is 25.7 Å². The number of aliphatic hydroxyl groups excluding tert-OH is 1. The van der Waals surface area contributed by atoms with Crippen LogP contribution in [0.2, 0.25) is 0 Å². The molecule has 6 nitrogen and oxygen atoms in total. The third-order valence-electron chi connectivity index (χ3n) is 5.25. The molecule has 1 amide bonds. The first-order chi connectivity index (χ1) is 14.4. The van der Waals surface area contributed by atoms with Crippen molar-refractivity contribution < 1.29 is 31.5 Å². The van der Waals surface area contributed by atoms with Crippen molar-refractivity contribution in [3.05, 3.63) is 64.7 Å². The van der Waals surface area contributed by atoms with Gasteiger partial charge in [-0.1, -0.05) is 18.2 Å². The molecule has 0 bridgehead atoms. The Kier molecular flexibility index (Phi) is 6.33. The van der Waals surface area contributed by atoms with Crippen LogP contribution in [0.15, 0.2) is 42.5 Å². The summed E-state index contributed by atoms with van der Waals surface area (Å²) < 4.78 is 63.3. The fourth-order valence-electron chi connectivity index (χ4n) is 3.49. The molecule has 0 aliphatic heterocycles. The van der Waals surface area contributed by atoms with Crippen molar-refractivity contribution in [3.63, 3.8) is 0 Å². The number of aliphatic hydroxyl groups is 1. The van der Waals surface area contributed by atoms with Gasteiger partial charge in [-0.05, 0) is 54.7 Å². The van der Waals surface area contributed by atoms with Crippen LogP contribution in [0, 0.1) is 5.92 Å². The number of carbonyl (C=O) groups is 1. The molecule has 0 radical (unpaired) electrons. The topological polar surface area (TPSA) is 95.5 Å². The van der Waals surface area contributed by atoms with Crippen molar-refractivity contribution in [1.29, 1.82) is 0 Å². The van der Waals surface area contributed by atoms with E-state index in [1.54, 1.807) is 19.1 Å². The molecule has 2 aromatic carbocycles. The lowest BCUT2D eigenvalue weighted by atomic mass is 10.0. The molecule has 0 aromatic heterocycles. The average Bonchev–Trinajstić information content (AvgIpc) is 3.47. The Morgan fingerprint density at radius 2 is 1.84 bits per heavy atom. The van der Waals surface area contributed by atoms with Gasteiger partial charge in [-0.3, -0.25) is 9.52 Å². The third-order valence-corrected chi connectivity index (χ3v) is 5.84. The molecule has 0 heterocycles. The summed E-state index contributed by atoms with van der Waals surface area (Å²) in [6.45, 7) is 1.37. The van der Waals surface area contributed by atoms with Gasteiger partial charge in [0.1, 0.15) is 0 Å². The smallest absolute Gasteiger partial charge is 0.392 e. The lowest BCUT2D eigenvalue weighted by molar-refractivity contribution is -0.137. The zero-order valence-corrected chi connectivity index (χ0v) is 17.7. The average molecular weight is 456 g/mol. The highest BCUT2D eigenvalue weighted by molar-refractivity contribution is 7.92. The minimum Gasteiger partial charge on any atom is -0.392 e. The molecule has 2 aromatic rings. The molecule has 1 fully saturated rings. The molecule has 1 aliphatic rings. The van der Waals surface area contributed by atoms with E-state index in [-0.39, 0.29) is 30.0 Å². The van der Waals surface area contributed by atoms with Crippen LogP contribution in [0.25, 0.3) is 0 Å². The van der Waals surface area contributed by atoms with E-state index in [9.17, 15) is 31.5 Å². The van der Waals surface area contributed by atoms with Gasteiger partial charge in [0.25, 0.3) is 0 Å². The molecular formula is C21H23F3N2O4S. The number of benzene rings is 2. The van der Waals surface area contributed by atoms with Crippen LogP contribution >= 0.6 is 0 Å². The summed E-state index contributed by atoms with van der Waals surface area (Å²) in [6.07, 6.45) is -2.83. The maximum absolute atomic E-state index is 12.7. The summed E-state index contributed by atoms with van der Waals surface area (Å²) >= 11 is 0. The summed E-state index contributed by atoms with van der Waals surface area (Å²) in [7, 11) is -3.50. The van der Waals surface area contributed by atoms with E-state index in [1.165, 1.54) is 18.2 Å². The van der Waals surface area contributed by atoms with Crippen molar-refractivity contribution in [2.75, 3.05) is 11.0 Å². The Morgan fingerprint density at radius 3 is 2.39 bits per heavy atom. The van der Waals surface area contributed by atoms with E-state index in [2.05, 4.69) is 10.0 Å². The van der Waals surface area contributed by atoms with Crippen molar-refractivity contribution in [3.8, 4) is 0 Å². The number of alkyl halides is 3. The summed E-state index contributed by atoms with van der Waals surface area (Å²) in [4.78, 5) is 12.6. The number of halogens is 3. The molecule has 0 saturated heterocycles. The minimum absolute atomic E-state index is 0.121. The first-order valence-electron chi connectivity index (χ1n) is 9.58. The van der Waals surface area contributed by atoms with Crippen LogP contribution in [-0.2, 0) is 27.6 Å². The number of sulfonamides is 1. The van der Waals surface area contributed by atoms with E-state index < -0.39 is 27.8 Å². The van der Waals surface area contributed by atoms with Crippen LogP contribution in [0.5, 0.6) is 0 Å². The molecule has 1 saturated carbocycles. The molecule has 10 heteroatoms. The number of hydrogen-bond acceptors (Lipinski definition) is 4. The largest absolute Gasteiger partial charge is 0.416 e. The number of hydrogen-bond donors (Lipinski definition) is 3. The fourth-order valence-corrected chi connectivity index (χ4v) is 4.09. The molecule has 31 heavy (non-hydrogen) atoms. The first-order valence-corrected chi connectivity index (χ1v) is 11.5. The van der Waals surface area contributed by atoms with Crippen molar-refractivity contribution >= 4 is 21.6 Å². The maximum atomic E-state index is 12.7. The highest BCUT2D eigenvalue weighted by Crippen LogP contribution is 2.48. The molecule has 168 valence electrons. The van der Waals surface area contributed by atoms with Crippen molar-refractivity contribution in [2.45, 2.75) is 38.1 Å². The molecule has 3 atom stereocenters. The van der Waals surface area contributed by atoms with E-state index in [1.807, 2.05) is 0 Å². The SMILES string of the molecule is C[C@@H](NC(=O)C1CC1c1ccc(C(F)(F)F)cc1)c1ccc(NS(C)(=O)=O)c(CO)c1. The normalized spacial score (nSPS) is 19.5. The minimum atomic E-state index is -4.39. The first kappa shape index (κ1) is 23.1. The Morgan fingerprint density at radius 1 is 1.19 bits per heavy atom. The van der Waals surface area contributed by atoms with E-state index in [0.29, 0.717) is 23.1 Å². The third kappa shape index (κ3) is 5.76. The van der Waals surface area contributed by atoms with E-state index in [0.717, 1.165) is 18.4 Å². The predicted octanol–water partition coefficient (Wildman–Crippen LogP) is 3.55. The standard InChI is InChI=1S/C21H23F3N2O4S/c1-12(14-5-8-19(15(9-14)11-27)26-31(2,29)30)25-20(28)18-10-17(18)13-3-6-16(7-4-13)21(22,23)24/h3-9,12,17-18,26-27H,10-11H2,1-2H3,(H,25,28)/t12-,17?,18?/m1/s1. The van der Waals surface area contributed by atoms with Crippen molar-refractivity contribution in [2.24, 2.45) is 5.92 Å². The number of nitrogens with one attached hydrogen (secondary N) is 2. The molecule has 3 N–H and O–H groups in total. The lowest BCUT2D eigenvalue weighted by Gasteiger charge is -2.17. The van der Waals surface area contributed by atoms with Gasteiger partial charge in [-0.2, -0.15) is 13.2 Å². The molecule has 0 spiro atoms. The quantitative estimate of drug-likeness (QED) is 0.594. The summed E-state index contributed by atoms with van der Waals surface area (Å²) in [5, 5.41) is 12.4. The van der Waals surface area contributed by atoms with Crippen LogP contribution in [0.3, 0.4) is 0 Å².